The van der Waals surface area contributed by atoms with Gasteiger partial charge in [-0.05, 0) is 30.2 Å². The minimum absolute atomic E-state index is 0.0722. The highest BCUT2D eigenvalue weighted by atomic mass is 19.1. The highest BCUT2D eigenvalue weighted by Gasteiger charge is 2.32. The van der Waals surface area contributed by atoms with E-state index in [-0.39, 0.29) is 30.3 Å². The number of pyridine rings is 1. The van der Waals surface area contributed by atoms with Crippen molar-refractivity contribution in [3.8, 4) is 11.1 Å². The second-order valence-corrected chi connectivity index (χ2v) is 7.50. The zero-order valence-electron chi connectivity index (χ0n) is 16.3. The van der Waals surface area contributed by atoms with Crippen LogP contribution < -0.4 is 9.80 Å². The van der Waals surface area contributed by atoms with E-state index in [1.165, 1.54) is 17.0 Å². The lowest BCUT2D eigenvalue weighted by atomic mass is 10.0. The van der Waals surface area contributed by atoms with Crippen LogP contribution in [0.4, 0.5) is 15.9 Å². The first kappa shape index (κ1) is 20.2. The number of anilines is 2. The summed E-state index contributed by atoms with van der Waals surface area (Å²) in [5.74, 6) is -0.0666. The second-order valence-electron chi connectivity index (χ2n) is 7.50. The Labute approximate surface area is 164 Å². The third-order valence-electron chi connectivity index (χ3n) is 5.09. The van der Waals surface area contributed by atoms with Gasteiger partial charge in [0.15, 0.2) is 0 Å². The van der Waals surface area contributed by atoms with E-state index in [2.05, 4.69) is 4.98 Å². The SMILES string of the molecule is CC(C)C(=O)N(C)c1cnc(N2CC(O)CC2CO)cc1-c1cccc(F)c1. The first-order valence-electron chi connectivity index (χ1n) is 9.41. The van der Waals surface area contributed by atoms with Crippen LogP contribution >= 0.6 is 0 Å². The van der Waals surface area contributed by atoms with Crippen LogP contribution in [0.15, 0.2) is 36.5 Å². The molecule has 1 aliphatic heterocycles. The first-order valence-corrected chi connectivity index (χ1v) is 9.41. The molecular weight excluding hydrogens is 361 g/mol. The molecule has 0 spiro atoms. The van der Waals surface area contributed by atoms with Crippen molar-refractivity contribution >= 4 is 17.4 Å². The number of nitrogens with zero attached hydrogens (tertiary/aromatic N) is 3. The van der Waals surface area contributed by atoms with Crippen LogP contribution in [0.3, 0.4) is 0 Å². The number of hydrogen-bond donors (Lipinski definition) is 2. The van der Waals surface area contributed by atoms with Gasteiger partial charge in [-0.3, -0.25) is 4.79 Å². The zero-order chi connectivity index (χ0) is 20.4. The lowest BCUT2D eigenvalue weighted by Gasteiger charge is -2.27. The van der Waals surface area contributed by atoms with Crippen LogP contribution in [-0.4, -0.2) is 53.4 Å². The molecule has 150 valence electrons. The lowest BCUT2D eigenvalue weighted by molar-refractivity contribution is -0.121. The van der Waals surface area contributed by atoms with Gasteiger partial charge in [0, 0.05) is 25.1 Å². The molecule has 2 atom stereocenters. The Kier molecular flexibility index (Phi) is 5.96. The highest BCUT2D eigenvalue weighted by molar-refractivity contribution is 5.98. The Morgan fingerprint density at radius 3 is 2.79 bits per heavy atom. The normalized spacial score (nSPS) is 19.3. The number of amides is 1. The third-order valence-corrected chi connectivity index (χ3v) is 5.09. The lowest BCUT2D eigenvalue weighted by Crippen LogP contribution is -2.34. The fraction of sp³-hybridized carbons (Fsp3) is 0.429. The molecule has 0 aliphatic carbocycles. The van der Waals surface area contributed by atoms with Gasteiger partial charge in [-0.2, -0.15) is 0 Å². The molecule has 1 aromatic carbocycles. The molecule has 3 rings (SSSR count). The van der Waals surface area contributed by atoms with Gasteiger partial charge in [0.2, 0.25) is 5.91 Å². The maximum Gasteiger partial charge on any atom is 0.229 e. The predicted molar refractivity (Wildman–Crippen MR) is 107 cm³/mol. The molecule has 0 bridgehead atoms. The highest BCUT2D eigenvalue weighted by Crippen LogP contribution is 2.35. The van der Waals surface area contributed by atoms with Crippen molar-refractivity contribution in [2.45, 2.75) is 32.4 Å². The predicted octanol–water partition coefficient (Wildman–Crippen LogP) is 2.44. The first-order chi connectivity index (χ1) is 13.3. The van der Waals surface area contributed by atoms with Crippen LogP contribution in [0, 0.1) is 11.7 Å². The van der Waals surface area contributed by atoms with Gasteiger partial charge >= 0.3 is 0 Å². The van der Waals surface area contributed by atoms with Crippen molar-refractivity contribution < 1.29 is 19.4 Å². The minimum Gasteiger partial charge on any atom is -0.394 e. The van der Waals surface area contributed by atoms with Gasteiger partial charge in [0.05, 0.1) is 30.6 Å². The second kappa shape index (κ2) is 8.24. The molecule has 0 saturated carbocycles. The molecular formula is C21H26FN3O3. The number of benzene rings is 1. The van der Waals surface area contributed by atoms with Gasteiger partial charge in [-0.1, -0.05) is 26.0 Å². The van der Waals surface area contributed by atoms with E-state index in [1.807, 2.05) is 18.7 Å². The average molecular weight is 387 g/mol. The van der Waals surface area contributed by atoms with Crippen molar-refractivity contribution in [3.05, 3.63) is 42.3 Å². The Balaban J connectivity index is 2.10. The van der Waals surface area contributed by atoms with Crippen molar-refractivity contribution in [3.63, 3.8) is 0 Å². The van der Waals surface area contributed by atoms with Crippen molar-refractivity contribution in [2.24, 2.45) is 5.92 Å². The van der Waals surface area contributed by atoms with Crippen molar-refractivity contribution in [1.82, 2.24) is 4.98 Å². The van der Waals surface area contributed by atoms with Crippen LogP contribution in [0.1, 0.15) is 20.3 Å². The number of carbonyl (C=O) groups excluding carboxylic acids is 1. The molecule has 1 aliphatic rings. The summed E-state index contributed by atoms with van der Waals surface area (Å²) in [6.45, 7) is 3.91. The van der Waals surface area contributed by atoms with Crippen molar-refractivity contribution in [2.75, 3.05) is 30.0 Å². The number of aliphatic hydroxyl groups is 2. The van der Waals surface area contributed by atoms with Crippen LogP contribution in [0.2, 0.25) is 0 Å². The molecule has 2 unspecified atom stereocenters. The summed E-state index contributed by atoms with van der Waals surface area (Å²) in [7, 11) is 1.68. The number of aromatic nitrogens is 1. The number of aliphatic hydroxyl groups excluding tert-OH is 2. The molecule has 1 saturated heterocycles. The maximum absolute atomic E-state index is 13.9. The van der Waals surface area contributed by atoms with Gasteiger partial charge in [0.25, 0.3) is 0 Å². The summed E-state index contributed by atoms with van der Waals surface area (Å²) < 4.78 is 13.9. The average Bonchev–Trinajstić information content (AvgIpc) is 3.07. The molecule has 2 aromatic rings. The molecule has 6 nitrogen and oxygen atoms in total. The maximum atomic E-state index is 13.9. The summed E-state index contributed by atoms with van der Waals surface area (Å²) in [4.78, 5) is 20.4. The molecule has 1 amide bonds. The Bertz CT molecular complexity index is 859. The largest absolute Gasteiger partial charge is 0.394 e. The zero-order valence-corrected chi connectivity index (χ0v) is 16.3. The quantitative estimate of drug-likeness (QED) is 0.824. The molecule has 2 N–H and O–H groups in total. The summed E-state index contributed by atoms with van der Waals surface area (Å²) >= 11 is 0. The van der Waals surface area contributed by atoms with Gasteiger partial charge in [-0.25, -0.2) is 9.37 Å². The Hall–Kier alpha value is -2.51. The van der Waals surface area contributed by atoms with Crippen LogP contribution in [0.5, 0.6) is 0 Å². The summed E-state index contributed by atoms with van der Waals surface area (Å²) in [6.07, 6.45) is 1.51. The summed E-state index contributed by atoms with van der Waals surface area (Å²) in [5.41, 5.74) is 1.87. The number of carbonyl (C=O) groups is 1. The molecule has 0 radical (unpaired) electrons. The van der Waals surface area contributed by atoms with Crippen LogP contribution in [0.25, 0.3) is 11.1 Å². The molecule has 28 heavy (non-hydrogen) atoms. The fourth-order valence-corrected chi connectivity index (χ4v) is 3.60. The molecule has 2 heterocycles. The number of hydrogen-bond acceptors (Lipinski definition) is 5. The van der Waals surface area contributed by atoms with Crippen LogP contribution in [-0.2, 0) is 4.79 Å². The summed E-state index contributed by atoms with van der Waals surface area (Å²) in [5, 5.41) is 19.6. The van der Waals surface area contributed by atoms with E-state index >= 15 is 0 Å². The smallest absolute Gasteiger partial charge is 0.229 e. The number of β-amino-alcohol motifs (C(OH)–C–C–N with tert-alkyl or cyclic N) is 1. The van der Waals surface area contributed by atoms with E-state index in [9.17, 15) is 19.4 Å². The molecule has 1 aromatic heterocycles. The topological polar surface area (TPSA) is 76.9 Å². The van der Waals surface area contributed by atoms with Gasteiger partial charge in [-0.15, -0.1) is 0 Å². The Morgan fingerprint density at radius 2 is 2.14 bits per heavy atom. The van der Waals surface area contributed by atoms with E-state index in [4.69, 9.17) is 0 Å². The molecule has 1 fully saturated rings. The van der Waals surface area contributed by atoms with Crippen molar-refractivity contribution in [1.29, 1.82) is 0 Å². The Morgan fingerprint density at radius 1 is 1.39 bits per heavy atom. The monoisotopic (exact) mass is 387 g/mol. The standard InChI is InChI=1S/C21H26FN3O3/c1-13(2)21(28)24(3)19-10-23-20(25-11-17(27)8-16(25)12-26)9-18(19)14-5-4-6-15(22)7-14/h4-7,9-10,13,16-17,26-27H,8,11-12H2,1-3H3. The summed E-state index contributed by atoms with van der Waals surface area (Å²) in [6, 6.07) is 7.74. The number of halogens is 1. The van der Waals surface area contributed by atoms with E-state index in [0.717, 1.165) is 0 Å². The van der Waals surface area contributed by atoms with Gasteiger partial charge in [0.1, 0.15) is 11.6 Å². The third kappa shape index (κ3) is 4.00. The van der Waals surface area contributed by atoms with E-state index in [0.29, 0.717) is 35.6 Å². The van der Waals surface area contributed by atoms with Gasteiger partial charge < -0.3 is 20.0 Å². The number of rotatable bonds is 5. The van der Waals surface area contributed by atoms with E-state index in [1.54, 1.807) is 31.4 Å². The van der Waals surface area contributed by atoms with E-state index < -0.39 is 6.10 Å². The molecule has 7 heteroatoms. The minimum atomic E-state index is -0.540. The fourth-order valence-electron chi connectivity index (χ4n) is 3.60.